The molecule has 0 aliphatic heterocycles. The van der Waals surface area contributed by atoms with Gasteiger partial charge in [0.25, 0.3) is 0 Å². The lowest BCUT2D eigenvalue weighted by molar-refractivity contribution is 0.162. The Kier molecular flexibility index (Phi) is 9.62. The van der Waals surface area contributed by atoms with Crippen molar-refractivity contribution in [2.45, 2.75) is 13.5 Å². The number of rotatable bonds is 9. The number of hydrogen-bond acceptors (Lipinski definition) is 3. The van der Waals surface area contributed by atoms with E-state index in [9.17, 15) is 0 Å². The van der Waals surface area contributed by atoms with Crippen LogP contribution >= 0.6 is 11.6 Å². The Bertz CT molecular complexity index is 436. The number of aliphatic imine (C=N–C) groups is 1. The largest absolute Gasteiger partial charge is 0.383 e. The van der Waals surface area contributed by atoms with Gasteiger partial charge in [0.05, 0.1) is 13.2 Å². The summed E-state index contributed by atoms with van der Waals surface area (Å²) >= 11 is 5.88. The Labute approximate surface area is 138 Å². The highest BCUT2D eigenvalue weighted by molar-refractivity contribution is 6.30. The Balaban J connectivity index is 2.40. The van der Waals surface area contributed by atoms with Crippen molar-refractivity contribution < 1.29 is 4.74 Å². The normalized spacial score (nSPS) is 11.8. The summed E-state index contributed by atoms with van der Waals surface area (Å²) in [6.07, 6.45) is 0. The number of benzene rings is 1. The molecule has 22 heavy (non-hydrogen) atoms. The van der Waals surface area contributed by atoms with E-state index in [0.29, 0.717) is 6.54 Å². The van der Waals surface area contributed by atoms with Crippen molar-refractivity contribution in [2.24, 2.45) is 4.99 Å². The topological polar surface area (TPSA) is 48.9 Å². The number of methoxy groups -OCH3 is 1. The fraction of sp³-hybridized carbons (Fsp3) is 0.562. The van der Waals surface area contributed by atoms with Crippen LogP contribution in [0.1, 0.15) is 12.5 Å². The standard InChI is InChI=1S/C16H27ClN4O/c1-4-18-16(19-9-10-21(2)11-12-22-3)20-13-14-5-7-15(17)8-6-14/h5-8H,4,9-13H2,1-3H3,(H2,18,19,20). The van der Waals surface area contributed by atoms with E-state index in [1.54, 1.807) is 7.11 Å². The van der Waals surface area contributed by atoms with Crippen molar-refractivity contribution in [1.29, 1.82) is 0 Å². The summed E-state index contributed by atoms with van der Waals surface area (Å²) in [6.45, 7) is 6.99. The smallest absolute Gasteiger partial charge is 0.191 e. The molecule has 6 heteroatoms. The van der Waals surface area contributed by atoms with Gasteiger partial charge in [-0.15, -0.1) is 0 Å². The lowest BCUT2D eigenvalue weighted by atomic mass is 10.2. The van der Waals surface area contributed by atoms with Gasteiger partial charge in [-0.05, 0) is 31.7 Å². The van der Waals surface area contributed by atoms with Crippen molar-refractivity contribution in [2.75, 3.05) is 46.9 Å². The molecular formula is C16H27ClN4O. The molecule has 0 fully saturated rings. The Hall–Kier alpha value is -1.30. The number of ether oxygens (including phenoxy) is 1. The predicted molar refractivity (Wildman–Crippen MR) is 93.6 cm³/mol. The van der Waals surface area contributed by atoms with Gasteiger partial charge in [-0.2, -0.15) is 0 Å². The molecule has 0 aromatic heterocycles. The molecule has 0 saturated heterocycles. The Morgan fingerprint density at radius 2 is 1.95 bits per heavy atom. The van der Waals surface area contributed by atoms with E-state index in [2.05, 4.69) is 34.5 Å². The van der Waals surface area contributed by atoms with Gasteiger partial charge in [0, 0.05) is 38.3 Å². The zero-order chi connectivity index (χ0) is 16.2. The molecule has 1 aromatic carbocycles. The third-order valence-corrected chi connectivity index (χ3v) is 3.39. The maximum Gasteiger partial charge on any atom is 0.191 e. The van der Waals surface area contributed by atoms with Gasteiger partial charge in [0.2, 0.25) is 0 Å². The number of likely N-dealkylation sites (N-methyl/N-ethyl adjacent to an activating group) is 1. The summed E-state index contributed by atoms with van der Waals surface area (Å²) in [4.78, 5) is 6.80. The van der Waals surface area contributed by atoms with Crippen LogP contribution in [0.5, 0.6) is 0 Å². The lowest BCUT2D eigenvalue weighted by Gasteiger charge is -2.17. The molecule has 0 aliphatic carbocycles. The molecule has 0 saturated carbocycles. The predicted octanol–water partition coefficient (Wildman–Crippen LogP) is 1.97. The fourth-order valence-electron chi connectivity index (χ4n) is 1.83. The molecule has 1 aromatic rings. The summed E-state index contributed by atoms with van der Waals surface area (Å²) < 4.78 is 5.07. The van der Waals surface area contributed by atoms with Gasteiger partial charge >= 0.3 is 0 Å². The highest BCUT2D eigenvalue weighted by Gasteiger charge is 2.00. The summed E-state index contributed by atoms with van der Waals surface area (Å²) in [5.41, 5.74) is 1.14. The van der Waals surface area contributed by atoms with E-state index in [1.165, 1.54) is 0 Å². The Morgan fingerprint density at radius 3 is 2.59 bits per heavy atom. The van der Waals surface area contributed by atoms with E-state index in [1.807, 2.05) is 24.3 Å². The zero-order valence-corrected chi connectivity index (χ0v) is 14.5. The van der Waals surface area contributed by atoms with Gasteiger partial charge in [-0.1, -0.05) is 23.7 Å². The van der Waals surface area contributed by atoms with Crippen LogP contribution in [0.3, 0.4) is 0 Å². The van der Waals surface area contributed by atoms with Crippen LogP contribution in [-0.2, 0) is 11.3 Å². The molecule has 2 N–H and O–H groups in total. The first-order valence-corrected chi connectivity index (χ1v) is 7.97. The summed E-state index contributed by atoms with van der Waals surface area (Å²) in [5, 5.41) is 7.34. The second-order valence-corrected chi connectivity index (χ2v) is 5.48. The minimum atomic E-state index is 0.631. The van der Waals surface area contributed by atoms with Gasteiger partial charge in [0.15, 0.2) is 5.96 Å². The zero-order valence-electron chi connectivity index (χ0n) is 13.7. The molecule has 0 aliphatic rings. The minimum absolute atomic E-state index is 0.631. The van der Waals surface area contributed by atoms with Gasteiger partial charge in [-0.3, -0.25) is 0 Å². The monoisotopic (exact) mass is 326 g/mol. The van der Waals surface area contributed by atoms with Gasteiger partial charge in [-0.25, -0.2) is 4.99 Å². The third kappa shape index (κ3) is 8.22. The van der Waals surface area contributed by atoms with Crippen LogP contribution in [0.25, 0.3) is 0 Å². The van der Waals surface area contributed by atoms with Crippen LogP contribution in [0.15, 0.2) is 29.3 Å². The quantitative estimate of drug-likeness (QED) is 0.538. The molecule has 124 valence electrons. The SMILES string of the molecule is CCNC(=NCc1ccc(Cl)cc1)NCCN(C)CCOC. The summed E-state index contributed by atoms with van der Waals surface area (Å²) in [5.74, 6) is 0.831. The maximum absolute atomic E-state index is 5.88. The number of nitrogens with one attached hydrogen (secondary N) is 2. The molecule has 0 atom stereocenters. The molecule has 0 unspecified atom stereocenters. The van der Waals surface area contributed by atoms with E-state index >= 15 is 0 Å². The van der Waals surface area contributed by atoms with E-state index in [4.69, 9.17) is 16.3 Å². The summed E-state index contributed by atoms with van der Waals surface area (Å²) in [7, 11) is 3.80. The lowest BCUT2D eigenvalue weighted by Crippen LogP contribution is -2.41. The van der Waals surface area contributed by atoms with Crippen LogP contribution < -0.4 is 10.6 Å². The van der Waals surface area contributed by atoms with Crippen molar-refractivity contribution in [3.05, 3.63) is 34.9 Å². The highest BCUT2D eigenvalue weighted by atomic mass is 35.5. The van der Waals surface area contributed by atoms with E-state index < -0.39 is 0 Å². The first kappa shape index (κ1) is 18.7. The van der Waals surface area contributed by atoms with Crippen molar-refractivity contribution >= 4 is 17.6 Å². The van der Waals surface area contributed by atoms with Gasteiger partial charge in [0.1, 0.15) is 0 Å². The average Bonchev–Trinajstić information content (AvgIpc) is 2.52. The van der Waals surface area contributed by atoms with Crippen molar-refractivity contribution in [1.82, 2.24) is 15.5 Å². The van der Waals surface area contributed by atoms with Crippen molar-refractivity contribution in [3.8, 4) is 0 Å². The van der Waals surface area contributed by atoms with E-state index in [-0.39, 0.29) is 0 Å². The molecule has 0 spiro atoms. The number of guanidine groups is 1. The minimum Gasteiger partial charge on any atom is -0.383 e. The van der Waals surface area contributed by atoms with Crippen LogP contribution in [0.2, 0.25) is 5.02 Å². The third-order valence-electron chi connectivity index (χ3n) is 3.14. The maximum atomic E-state index is 5.88. The van der Waals surface area contributed by atoms with Crippen LogP contribution in [-0.4, -0.2) is 57.8 Å². The Morgan fingerprint density at radius 1 is 1.23 bits per heavy atom. The fourth-order valence-corrected chi connectivity index (χ4v) is 1.95. The highest BCUT2D eigenvalue weighted by Crippen LogP contribution is 2.09. The molecule has 5 nitrogen and oxygen atoms in total. The second kappa shape index (κ2) is 11.3. The number of hydrogen-bond donors (Lipinski definition) is 2. The first-order valence-electron chi connectivity index (χ1n) is 7.59. The molecule has 1 rings (SSSR count). The van der Waals surface area contributed by atoms with Gasteiger partial charge < -0.3 is 20.3 Å². The van der Waals surface area contributed by atoms with Crippen LogP contribution in [0, 0.1) is 0 Å². The molecular weight excluding hydrogens is 300 g/mol. The average molecular weight is 327 g/mol. The first-order chi connectivity index (χ1) is 10.7. The summed E-state index contributed by atoms with van der Waals surface area (Å²) in [6, 6.07) is 7.76. The molecule has 0 radical (unpaired) electrons. The number of halogens is 1. The molecule has 0 amide bonds. The van der Waals surface area contributed by atoms with E-state index in [0.717, 1.165) is 49.3 Å². The second-order valence-electron chi connectivity index (χ2n) is 5.04. The molecule has 0 heterocycles. The number of nitrogens with zero attached hydrogens (tertiary/aromatic N) is 2. The molecule has 0 bridgehead atoms. The van der Waals surface area contributed by atoms with Crippen molar-refractivity contribution in [3.63, 3.8) is 0 Å². The van der Waals surface area contributed by atoms with Crippen LogP contribution in [0.4, 0.5) is 0 Å².